The summed E-state index contributed by atoms with van der Waals surface area (Å²) in [7, 11) is 1.42. The normalized spacial score (nSPS) is 20.3. The van der Waals surface area contributed by atoms with Crippen molar-refractivity contribution in [1.29, 1.82) is 0 Å². The molecule has 0 aliphatic carbocycles. The second-order valence-electron chi connectivity index (χ2n) is 8.41. The molecule has 6 nitrogen and oxygen atoms in total. The molecule has 178 valence electrons. The lowest BCUT2D eigenvalue weighted by molar-refractivity contribution is -0.223. The van der Waals surface area contributed by atoms with Crippen LogP contribution in [0.15, 0.2) is 76.7 Å². The number of alkyl halides is 3. The Labute approximate surface area is 199 Å². The van der Waals surface area contributed by atoms with Gasteiger partial charge in [0.2, 0.25) is 5.66 Å². The molecule has 0 radical (unpaired) electrons. The number of ether oxygens (including phenoxy) is 1. The van der Waals surface area contributed by atoms with Gasteiger partial charge in [0, 0.05) is 16.7 Å². The Morgan fingerprint density at radius 2 is 1.69 bits per heavy atom. The van der Waals surface area contributed by atoms with Gasteiger partial charge in [-0.1, -0.05) is 54.1 Å². The van der Waals surface area contributed by atoms with Crippen molar-refractivity contribution < 1.29 is 22.7 Å². The van der Waals surface area contributed by atoms with Crippen LogP contribution in [-0.2, 0) is 5.66 Å². The van der Waals surface area contributed by atoms with Gasteiger partial charge in [0.1, 0.15) is 11.6 Å². The van der Waals surface area contributed by atoms with Crippen molar-refractivity contribution in [3.8, 4) is 5.75 Å². The number of hydrogen-bond acceptors (Lipinski definition) is 3. The number of methoxy groups -OCH3 is 1. The monoisotopic (exact) mass is 478 g/mol. The maximum absolute atomic E-state index is 15.1. The molecule has 1 N–H and O–H groups in total. The van der Waals surface area contributed by atoms with E-state index in [1.807, 2.05) is 26.0 Å². The first-order chi connectivity index (χ1) is 16.7. The molecule has 2 aliphatic heterocycles. The van der Waals surface area contributed by atoms with E-state index >= 15 is 13.2 Å². The summed E-state index contributed by atoms with van der Waals surface area (Å²) in [6, 6.07) is 16.6. The highest BCUT2D eigenvalue weighted by atomic mass is 19.4. The average Bonchev–Trinajstić information content (AvgIpc) is 3.13. The summed E-state index contributed by atoms with van der Waals surface area (Å²) in [5.41, 5.74) is 0.0381. The fraction of sp³-hybridized carbons (Fsp3) is 0.192. The number of nitrogens with one attached hydrogen (secondary N) is 1. The minimum Gasteiger partial charge on any atom is -0.497 e. The minimum atomic E-state index is -4.94. The number of fused-ring (bicyclic) bond motifs is 3. The maximum Gasteiger partial charge on any atom is 0.435 e. The van der Waals surface area contributed by atoms with Crippen molar-refractivity contribution >= 4 is 23.4 Å². The lowest BCUT2D eigenvalue weighted by Crippen LogP contribution is -2.69. The van der Waals surface area contributed by atoms with Gasteiger partial charge in [0.15, 0.2) is 5.84 Å². The van der Waals surface area contributed by atoms with E-state index in [1.165, 1.54) is 31.4 Å². The molecule has 2 amide bonds. The molecule has 0 aromatic heterocycles. The number of halogens is 3. The van der Waals surface area contributed by atoms with Gasteiger partial charge in [-0.3, -0.25) is 4.90 Å². The molecule has 2 aliphatic rings. The number of nitrogens with zero attached hydrogens (tertiary/aromatic N) is 3. The summed E-state index contributed by atoms with van der Waals surface area (Å²) in [5.74, 6) is 0.316. The molecule has 35 heavy (non-hydrogen) atoms. The van der Waals surface area contributed by atoms with Crippen molar-refractivity contribution in [2.24, 2.45) is 9.98 Å². The van der Waals surface area contributed by atoms with E-state index in [0.29, 0.717) is 22.6 Å². The van der Waals surface area contributed by atoms with Gasteiger partial charge >= 0.3 is 12.2 Å². The van der Waals surface area contributed by atoms with E-state index in [-0.39, 0.29) is 17.2 Å². The van der Waals surface area contributed by atoms with Crippen LogP contribution < -0.4 is 10.1 Å². The lowest BCUT2D eigenvalue weighted by atomic mass is 9.95. The average molecular weight is 478 g/mol. The molecule has 0 fully saturated rings. The number of rotatable bonds is 3. The molecule has 1 atom stereocenters. The Kier molecular flexibility index (Phi) is 5.16. The molecule has 9 heteroatoms. The quantitative estimate of drug-likeness (QED) is 0.534. The Hall–Kier alpha value is -4.14. The second kappa shape index (κ2) is 7.97. The predicted octanol–water partition coefficient (Wildman–Crippen LogP) is 5.59. The molecule has 1 unspecified atom stereocenters. The third-order valence-electron chi connectivity index (χ3n) is 6.16. The van der Waals surface area contributed by atoms with Crippen molar-refractivity contribution in [2.75, 3.05) is 7.11 Å². The van der Waals surface area contributed by atoms with Gasteiger partial charge in [0.05, 0.1) is 12.8 Å². The highest BCUT2D eigenvalue weighted by Crippen LogP contribution is 2.48. The Morgan fingerprint density at radius 3 is 2.31 bits per heavy atom. The van der Waals surface area contributed by atoms with Crippen LogP contribution in [0, 0.1) is 13.8 Å². The molecular weight excluding hydrogens is 457 g/mol. The topological polar surface area (TPSA) is 66.3 Å². The van der Waals surface area contributed by atoms with Gasteiger partial charge < -0.3 is 10.1 Å². The highest BCUT2D eigenvalue weighted by Gasteiger charge is 2.66. The van der Waals surface area contributed by atoms with E-state index in [9.17, 15) is 4.79 Å². The molecule has 3 aromatic carbocycles. The van der Waals surface area contributed by atoms with Gasteiger partial charge in [-0.2, -0.15) is 18.2 Å². The van der Waals surface area contributed by atoms with Crippen LogP contribution in [0.1, 0.15) is 27.8 Å². The zero-order valence-electron chi connectivity index (χ0n) is 19.1. The van der Waals surface area contributed by atoms with Crippen LogP contribution in [0.4, 0.5) is 23.7 Å². The number of aliphatic imine (C=N–C) groups is 2. The number of carbonyl (C=O) groups excluding carboxylic acids is 1. The van der Waals surface area contributed by atoms with Crippen molar-refractivity contribution in [1.82, 2.24) is 10.2 Å². The van der Waals surface area contributed by atoms with Crippen molar-refractivity contribution in [2.45, 2.75) is 25.7 Å². The summed E-state index contributed by atoms with van der Waals surface area (Å²) < 4.78 is 50.6. The second-order valence-corrected chi connectivity index (χ2v) is 8.41. The highest BCUT2D eigenvalue weighted by molar-refractivity contribution is 6.28. The summed E-state index contributed by atoms with van der Waals surface area (Å²) in [4.78, 5) is 22.3. The molecule has 0 saturated heterocycles. The first-order valence-electron chi connectivity index (χ1n) is 10.8. The summed E-state index contributed by atoms with van der Waals surface area (Å²) in [6.07, 6.45) is -4.94. The van der Waals surface area contributed by atoms with Crippen LogP contribution in [0.5, 0.6) is 5.75 Å². The molecular formula is C26H21F3N4O2. The Morgan fingerprint density at radius 1 is 1.00 bits per heavy atom. The molecule has 5 rings (SSSR count). The van der Waals surface area contributed by atoms with E-state index in [2.05, 4.69) is 10.3 Å². The predicted molar refractivity (Wildman–Crippen MR) is 126 cm³/mol. The van der Waals surface area contributed by atoms with E-state index in [4.69, 9.17) is 9.73 Å². The SMILES string of the molecule is COc1ccc(C2(C(F)(F)F)NC(=O)N=C3c4ccccc4C(=Nc4ccc(C)cc4C)N32)cc1. The third kappa shape index (κ3) is 3.46. The number of hydrogen-bond donors (Lipinski definition) is 1. The van der Waals surface area contributed by atoms with E-state index < -0.39 is 17.9 Å². The van der Waals surface area contributed by atoms with Gasteiger partial charge in [-0.25, -0.2) is 9.79 Å². The number of aryl methyl sites for hydroxylation is 2. The van der Waals surface area contributed by atoms with E-state index in [1.54, 1.807) is 30.3 Å². The fourth-order valence-corrected chi connectivity index (χ4v) is 4.53. The summed E-state index contributed by atoms with van der Waals surface area (Å²) in [5, 5.41) is 2.12. The van der Waals surface area contributed by atoms with Crippen LogP contribution in [0.3, 0.4) is 0 Å². The number of carbonyl (C=O) groups is 1. The van der Waals surface area contributed by atoms with Crippen LogP contribution in [0.2, 0.25) is 0 Å². The lowest BCUT2D eigenvalue weighted by Gasteiger charge is -2.46. The van der Waals surface area contributed by atoms with Gasteiger partial charge in [0.25, 0.3) is 0 Å². The summed E-state index contributed by atoms with van der Waals surface area (Å²) >= 11 is 0. The molecule has 0 bridgehead atoms. The first kappa shape index (κ1) is 22.6. The Bertz CT molecular complexity index is 1400. The van der Waals surface area contributed by atoms with Crippen molar-refractivity contribution in [3.05, 3.63) is 94.5 Å². The number of amides is 2. The van der Waals surface area contributed by atoms with E-state index in [0.717, 1.165) is 16.0 Å². The summed E-state index contributed by atoms with van der Waals surface area (Å²) in [6.45, 7) is 3.78. The number of urea groups is 1. The molecule has 0 spiro atoms. The molecule has 0 saturated carbocycles. The van der Waals surface area contributed by atoms with Crippen LogP contribution in [0.25, 0.3) is 0 Å². The zero-order valence-corrected chi connectivity index (χ0v) is 19.1. The fourth-order valence-electron chi connectivity index (χ4n) is 4.53. The van der Waals surface area contributed by atoms with Gasteiger partial charge in [-0.05, 0) is 37.6 Å². The van der Waals surface area contributed by atoms with Crippen LogP contribution in [-0.4, -0.2) is 35.9 Å². The molecule has 3 aromatic rings. The zero-order chi connectivity index (χ0) is 25.0. The van der Waals surface area contributed by atoms with Crippen molar-refractivity contribution in [3.63, 3.8) is 0 Å². The smallest absolute Gasteiger partial charge is 0.435 e. The standard InChI is InChI=1S/C26H21F3N4O2/c1-15-8-13-21(16(2)14-15)30-22-19-6-4-5-7-20(19)23-31-24(34)32-25(33(22)23,26(27,28)29)17-9-11-18(35-3)12-10-17/h4-14H,1-3H3,(H,32,34). The first-order valence-corrected chi connectivity index (χ1v) is 10.8. The largest absolute Gasteiger partial charge is 0.497 e. The Balaban J connectivity index is 1.83. The minimum absolute atomic E-state index is 0.0412. The third-order valence-corrected chi connectivity index (χ3v) is 6.16. The van der Waals surface area contributed by atoms with Gasteiger partial charge in [-0.15, -0.1) is 0 Å². The number of amidine groups is 2. The maximum atomic E-state index is 15.1. The van der Waals surface area contributed by atoms with Crippen LogP contribution >= 0.6 is 0 Å². The number of benzene rings is 3. The molecule has 2 heterocycles.